The molecule has 2 aromatic rings. The lowest BCUT2D eigenvalue weighted by atomic mass is 9.90. The highest BCUT2D eigenvalue weighted by Crippen LogP contribution is 2.38. The van der Waals surface area contributed by atoms with Crippen LogP contribution in [0.2, 0.25) is 0 Å². The molecule has 0 aromatic heterocycles. The molecule has 1 fully saturated rings. The van der Waals surface area contributed by atoms with Crippen molar-refractivity contribution < 1.29 is 19.0 Å². The van der Waals surface area contributed by atoms with Crippen LogP contribution in [-0.4, -0.2) is 46.8 Å². The molecule has 1 N–H and O–H groups in total. The van der Waals surface area contributed by atoms with Crippen LogP contribution in [0.15, 0.2) is 52.1 Å². The summed E-state index contributed by atoms with van der Waals surface area (Å²) < 4.78 is 18.6. The van der Waals surface area contributed by atoms with Crippen molar-refractivity contribution in [2.75, 3.05) is 19.8 Å². The Hall–Kier alpha value is -2.86. The van der Waals surface area contributed by atoms with E-state index in [0.717, 1.165) is 38.3 Å². The van der Waals surface area contributed by atoms with Gasteiger partial charge < -0.3 is 14.2 Å². The van der Waals surface area contributed by atoms with Crippen LogP contribution in [0.3, 0.4) is 0 Å². The van der Waals surface area contributed by atoms with Crippen molar-refractivity contribution in [2.45, 2.75) is 46.0 Å². The summed E-state index contributed by atoms with van der Waals surface area (Å²) >= 11 is 3.63. The number of halogens is 1. The van der Waals surface area contributed by atoms with Crippen LogP contribution in [0, 0.1) is 21.8 Å². The molecule has 3 aliphatic rings. The summed E-state index contributed by atoms with van der Waals surface area (Å²) in [7, 11) is 0. The van der Waals surface area contributed by atoms with Gasteiger partial charge in [0.1, 0.15) is 24.0 Å². The maximum absolute atomic E-state index is 13.0. The molecule has 0 bridgehead atoms. The number of aliphatic imine (C=N–C) groups is 1. The largest absolute Gasteiger partial charge is 0.490 e. The number of amides is 1. The lowest BCUT2D eigenvalue weighted by Gasteiger charge is -2.20. The van der Waals surface area contributed by atoms with Gasteiger partial charge in [-0.15, -0.1) is 0 Å². The first-order valence-corrected chi connectivity index (χ1v) is 15.1. The van der Waals surface area contributed by atoms with E-state index in [2.05, 4.69) is 27.6 Å². The smallest absolute Gasteiger partial charge is 0.283 e. The molecule has 8 nitrogen and oxygen atoms in total. The second-order valence-electron chi connectivity index (χ2n) is 9.57. The number of aryl methyl sites for hydroxylation is 1. The Morgan fingerprint density at radius 3 is 2.69 bits per heavy atom. The molecule has 39 heavy (non-hydrogen) atoms. The summed E-state index contributed by atoms with van der Waals surface area (Å²) in [6, 6.07) is 11.6. The van der Waals surface area contributed by atoms with Crippen LogP contribution in [0.25, 0.3) is 6.08 Å². The quantitative estimate of drug-likeness (QED) is 0.184. The minimum Gasteiger partial charge on any atom is -0.490 e. The van der Waals surface area contributed by atoms with Gasteiger partial charge in [-0.1, -0.05) is 31.4 Å². The van der Waals surface area contributed by atoms with Crippen LogP contribution >= 0.6 is 34.4 Å². The van der Waals surface area contributed by atoms with E-state index < -0.39 is 5.91 Å². The fourth-order valence-corrected chi connectivity index (χ4v) is 6.61. The molecule has 1 aliphatic carbocycles. The zero-order valence-electron chi connectivity index (χ0n) is 22.0. The second-order valence-corrected chi connectivity index (χ2v) is 11.7. The molecule has 204 valence electrons. The third kappa shape index (κ3) is 6.49. The molecule has 0 atom stereocenters. The van der Waals surface area contributed by atoms with E-state index in [4.69, 9.17) is 24.7 Å². The second kappa shape index (κ2) is 12.5. The average Bonchev–Trinajstić information content (AvgIpc) is 3.35. The van der Waals surface area contributed by atoms with E-state index in [9.17, 15) is 4.79 Å². The fraction of sp³-hybridized carbons (Fsp3) is 0.379. The molecule has 10 heteroatoms. The molecule has 0 radical (unpaired) electrons. The summed E-state index contributed by atoms with van der Waals surface area (Å²) in [4.78, 5) is 17.2. The van der Waals surface area contributed by atoms with Crippen molar-refractivity contribution in [2.24, 2.45) is 16.0 Å². The van der Waals surface area contributed by atoms with Gasteiger partial charge in [0, 0.05) is 5.92 Å². The Labute approximate surface area is 246 Å². The van der Waals surface area contributed by atoms with Crippen LogP contribution in [0.5, 0.6) is 17.2 Å². The van der Waals surface area contributed by atoms with E-state index in [0.29, 0.717) is 42.4 Å². The Morgan fingerprint density at radius 2 is 1.92 bits per heavy atom. The highest BCUT2D eigenvalue weighted by molar-refractivity contribution is 14.1. The number of thioether (sulfide) groups is 1. The number of amidine groups is 2. The van der Waals surface area contributed by atoms with Crippen LogP contribution in [0.1, 0.15) is 50.2 Å². The molecule has 0 unspecified atom stereocenters. The molecule has 5 rings (SSSR count). The molecule has 1 saturated carbocycles. The lowest BCUT2D eigenvalue weighted by molar-refractivity contribution is -0.114. The van der Waals surface area contributed by atoms with E-state index in [1.165, 1.54) is 36.0 Å². The lowest BCUT2D eigenvalue weighted by Crippen LogP contribution is -2.35. The zero-order chi connectivity index (χ0) is 27.4. The van der Waals surface area contributed by atoms with E-state index in [1.807, 2.05) is 50.2 Å². The number of benzene rings is 2. The number of carbonyl (C=O) groups is 1. The van der Waals surface area contributed by atoms with Crippen molar-refractivity contribution in [1.82, 2.24) is 5.01 Å². The third-order valence-electron chi connectivity index (χ3n) is 6.66. The van der Waals surface area contributed by atoms with E-state index in [1.54, 1.807) is 6.08 Å². The van der Waals surface area contributed by atoms with Gasteiger partial charge in [0.05, 0.1) is 15.8 Å². The first-order valence-electron chi connectivity index (χ1n) is 13.2. The summed E-state index contributed by atoms with van der Waals surface area (Å²) in [5.41, 5.74) is 2.06. The zero-order valence-corrected chi connectivity index (χ0v) is 25.0. The maximum atomic E-state index is 13.0. The molecular weight excluding hydrogens is 627 g/mol. The van der Waals surface area contributed by atoms with Gasteiger partial charge >= 0.3 is 0 Å². The predicted octanol–water partition coefficient (Wildman–Crippen LogP) is 6.66. The van der Waals surface area contributed by atoms with Crippen LogP contribution < -0.4 is 14.2 Å². The molecule has 2 aliphatic heterocycles. The van der Waals surface area contributed by atoms with E-state index in [-0.39, 0.29) is 11.4 Å². The molecule has 2 aromatic carbocycles. The first-order chi connectivity index (χ1) is 18.9. The van der Waals surface area contributed by atoms with Crippen molar-refractivity contribution in [3.63, 3.8) is 0 Å². The number of carbonyl (C=O) groups excluding carboxylic acids is 1. The van der Waals surface area contributed by atoms with Gasteiger partial charge in [-0.05, 0) is 103 Å². The normalized spacial score (nSPS) is 18.6. The van der Waals surface area contributed by atoms with Crippen molar-refractivity contribution in [3.05, 3.63) is 56.7 Å². The Bertz CT molecular complexity index is 1370. The van der Waals surface area contributed by atoms with Gasteiger partial charge in [0.25, 0.3) is 5.91 Å². The minimum absolute atomic E-state index is 0.0462. The van der Waals surface area contributed by atoms with Crippen molar-refractivity contribution in [1.29, 1.82) is 5.41 Å². The molecule has 1 amide bonds. The summed E-state index contributed by atoms with van der Waals surface area (Å²) in [5, 5.41) is 16.4. The van der Waals surface area contributed by atoms with E-state index >= 15 is 0 Å². The summed E-state index contributed by atoms with van der Waals surface area (Å²) in [6.45, 7) is 5.13. The highest BCUT2D eigenvalue weighted by Gasteiger charge is 2.38. The Morgan fingerprint density at radius 1 is 1.13 bits per heavy atom. The SMILES string of the molecule is CCOc1cc(/C=C2/C(=N)N3N=C(C4CCCCC4)SC3=NC2=O)cc(I)c1OCCOc1cccc(C)c1. The van der Waals surface area contributed by atoms with Crippen LogP contribution in [0.4, 0.5) is 0 Å². The number of nitrogens with zero attached hydrogens (tertiary/aromatic N) is 3. The summed E-state index contributed by atoms with van der Waals surface area (Å²) in [5.74, 6) is 2.00. The molecular formula is C29H31IN4O4S. The molecule has 0 saturated heterocycles. The number of hydrogen-bond acceptors (Lipinski definition) is 7. The predicted molar refractivity (Wildman–Crippen MR) is 164 cm³/mol. The molecule has 0 spiro atoms. The Balaban J connectivity index is 1.31. The van der Waals surface area contributed by atoms with Gasteiger partial charge in [-0.25, -0.2) is 0 Å². The highest BCUT2D eigenvalue weighted by atomic mass is 127. The first kappa shape index (κ1) is 27.7. The molecule has 2 heterocycles. The van der Waals surface area contributed by atoms with Crippen LogP contribution in [-0.2, 0) is 4.79 Å². The minimum atomic E-state index is -0.430. The van der Waals surface area contributed by atoms with Gasteiger partial charge in [0.2, 0.25) is 5.17 Å². The van der Waals surface area contributed by atoms with Crippen molar-refractivity contribution >= 4 is 62.4 Å². The number of hydrazone groups is 1. The fourth-order valence-electron chi connectivity index (χ4n) is 4.77. The van der Waals surface area contributed by atoms with Gasteiger partial charge in [-0.2, -0.15) is 15.1 Å². The Kier molecular flexibility index (Phi) is 8.91. The average molecular weight is 659 g/mol. The summed E-state index contributed by atoms with van der Waals surface area (Å²) in [6.07, 6.45) is 7.52. The number of fused-ring (bicyclic) bond motifs is 1. The standard InChI is InChI=1S/C29H31IN4O4S/c1-3-36-24-17-19(16-23(30)25(24)38-13-12-37-21-11-7-8-18(2)14-21)15-22-26(31)34-29(32-27(22)35)39-28(33-34)20-9-5-4-6-10-20/h7-8,11,14-17,20,31H,3-6,9-10,12-13H2,1-2H3/b22-15-,31-26?. The number of rotatable bonds is 9. The van der Waals surface area contributed by atoms with Gasteiger partial charge in [0.15, 0.2) is 17.3 Å². The topological polar surface area (TPSA) is 96.6 Å². The third-order valence-corrected chi connectivity index (χ3v) is 8.53. The van der Waals surface area contributed by atoms with Crippen molar-refractivity contribution in [3.8, 4) is 17.2 Å². The maximum Gasteiger partial charge on any atom is 0.283 e. The van der Waals surface area contributed by atoms with Gasteiger partial charge in [-0.3, -0.25) is 10.2 Å². The number of nitrogens with one attached hydrogen (secondary N) is 1. The number of ether oxygens (including phenoxy) is 3. The number of hydrogen-bond donors (Lipinski definition) is 1. The monoisotopic (exact) mass is 658 g/mol.